The summed E-state index contributed by atoms with van der Waals surface area (Å²) in [6.07, 6.45) is 7.46. The summed E-state index contributed by atoms with van der Waals surface area (Å²) in [7, 11) is 0. The topological polar surface area (TPSA) is 80.6 Å². The molecule has 1 saturated heterocycles. The second-order valence-electron chi connectivity index (χ2n) is 8.26. The van der Waals surface area contributed by atoms with Crippen molar-refractivity contribution in [1.82, 2.24) is 5.32 Å². The lowest BCUT2D eigenvalue weighted by atomic mass is 9.76. The fraction of sp³-hybridized carbons (Fsp3) is 0.565. The highest BCUT2D eigenvalue weighted by Crippen LogP contribution is 2.36. The van der Waals surface area contributed by atoms with Crippen LogP contribution in [0.4, 0.5) is 5.69 Å². The predicted octanol–water partition coefficient (Wildman–Crippen LogP) is 4.41. The van der Waals surface area contributed by atoms with Crippen molar-refractivity contribution < 1.29 is 18.7 Å². The van der Waals surface area contributed by atoms with Crippen molar-refractivity contribution in [1.29, 1.82) is 0 Å². The van der Waals surface area contributed by atoms with Gasteiger partial charge in [-0.3, -0.25) is 4.79 Å². The highest BCUT2D eigenvalue weighted by Gasteiger charge is 2.38. The number of rotatable bonds is 5. The van der Waals surface area contributed by atoms with E-state index in [2.05, 4.69) is 10.6 Å². The SMILES string of the molecule is CCOC(=O)c1oc2ccc(NC(=O)C3NCCC3C3CCCCC3)cc2c1C. The lowest BCUT2D eigenvalue weighted by molar-refractivity contribution is -0.119. The molecule has 1 aromatic carbocycles. The van der Waals surface area contributed by atoms with Gasteiger partial charge in [0, 0.05) is 16.6 Å². The third-order valence-corrected chi connectivity index (χ3v) is 6.47. The van der Waals surface area contributed by atoms with Crippen LogP contribution in [-0.2, 0) is 9.53 Å². The molecule has 6 nitrogen and oxygen atoms in total. The summed E-state index contributed by atoms with van der Waals surface area (Å²) in [5.74, 6) is 0.868. The number of carbonyl (C=O) groups excluding carboxylic acids is 2. The minimum absolute atomic E-state index is 0.0317. The fourth-order valence-corrected chi connectivity index (χ4v) is 4.99. The molecule has 1 amide bonds. The van der Waals surface area contributed by atoms with Gasteiger partial charge in [-0.25, -0.2) is 4.79 Å². The first-order chi connectivity index (χ1) is 14.1. The summed E-state index contributed by atoms with van der Waals surface area (Å²) in [6, 6.07) is 5.36. The molecule has 0 radical (unpaired) electrons. The Morgan fingerprint density at radius 3 is 2.76 bits per heavy atom. The van der Waals surface area contributed by atoms with Gasteiger partial charge in [-0.05, 0) is 56.8 Å². The zero-order chi connectivity index (χ0) is 20.4. The van der Waals surface area contributed by atoms with Crippen molar-refractivity contribution in [3.05, 3.63) is 29.5 Å². The fourth-order valence-electron chi connectivity index (χ4n) is 4.99. The van der Waals surface area contributed by atoms with Gasteiger partial charge >= 0.3 is 5.97 Å². The Kier molecular flexibility index (Phi) is 5.90. The smallest absolute Gasteiger partial charge is 0.374 e. The number of amides is 1. The molecule has 29 heavy (non-hydrogen) atoms. The quantitative estimate of drug-likeness (QED) is 0.729. The predicted molar refractivity (Wildman–Crippen MR) is 112 cm³/mol. The number of fused-ring (bicyclic) bond motifs is 1. The highest BCUT2D eigenvalue weighted by molar-refractivity contribution is 6.00. The molecule has 2 aliphatic rings. The maximum atomic E-state index is 13.0. The first-order valence-corrected chi connectivity index (χ1v) is 10.8. The van der Waals surface area contributed by atoms with E-state index in [1.54, 1.807) is 13.0 Å². The largest absolute Gasteiger partial charge is 0.460 e. The lowest BCUT2D eigenvalue weighted by Crippen LogP contribution is -2.42. The second-order valence-corrected chi connectivity index (χ2v) is 8.26. The Labute approximate surface area is 171 Å². The average molecular weight is 399 g/mol. The molecule has 1 aromatic heterocycles. The standard InChI is InChI=1S/C23H30N2O4/c1-3-28-23(27)21-14(2)18-13-16(9-10-19(18)29-21)25-22(26)20-17(11-12-24-20)15-7-5-4-6-8-15/h9-10,13,15,17,20,24H,3-8,11-12H2,1-2H3,(H,25,26). The van der Waals surface area contributed by atoms with Gasteiger partial charge in [0.15, 0.2) is 0 Å². The first kappa shape index (κ1) is 20.0. The van der Waals surface area contributed by atoms with Gasteiger partial charge in [0.25, 0.3) is 0 Å². The number of ether oxygens (including phenoxy) is 1. The number of anilines is 1. The van der Waals surface area contributed by atoms with Crippen molar-refractivity contribution in [2.45, 2.75) is 58.4 Å². The van der Waals surface area contributed by atoms with Crippen LogP contribution in [0.3, 0.4) is 0 Å². The summed E-state index contributed by atoms with van der Waals surface area (Å²) >= 11 is 0. The molecule has 156 valence electrons. The van der Waals surface area contributed by atoms with Crippen LogP contribution in [0.5, 0.6) is 0 Å². The summed E-state index contributed by atoms with van der Waals surface area (Å²) in [4.78, 5) is 25.1. The maximum Gasteiger partial charge on any atom is 0.374 e. The molecule has 2 aromatic rings. The van der Waals surface area contributed by atoms with Crippen LogP contribution in [0.25, 0.3) is 11.0 Å². The van der Waals surface area contributed by atoms with Gasteiger partial charge in [-0.2, -0.15) is 0 Å². The van der Waals surface area contributed by atoms with E-state index in [0.29, 0.717) is 24.0 Å². The van der Waals surface area contributed by atoms with Gasteiger partial charge in [-0.1, -0.05) is 32.1 Å². The van der Waals surface area contributed by atoms with Gasteiger partial charge < -0.3 is 19.8 Å². The summed E-state index contributed by atoms with van der Waals surface area (Å²) in [5, 5.41) is 7.30. The molecule has 1 aliphatic heterocycles. The highest BCUT2D eigenvalue weighted by atomic mass is 16.5. The van der Waals surface area contributed by atoms with E-state index >= 15 is 0 Å². The summed E-state index contributed by atoms with van der Waals surface area (Å²) in [6.45, 7) is 4.80. The minimum atomic E-state index is -0.461. The Bertz CT molecular complexity index is 898. The van der Waals surface area contributed by atoms with Crippen molar-refractivity contribution in [3.63, 3.8) is 0 Å². The number of nitrogens with one attached hydrogen (secondary N) is 2. The molecule has 2 fully saturated rings. The lowest BCUT2D eigenvalue weighted by Gasteiger charge is -2.30. The molecule has 2 unspecified atom stereocenters. The molecular weight excluding hydrogens is 368 g/mol. The molecule has 2 heterocycles. The van der Waals surface area contributed by atoms with Crippen molar-refractivity contribution in [2.75, 3.05) is 18.5 Å². The van der Waals surface area contributed by atoms with E-state index in [1.165, 1.54) is 32.1 Å². The molecule has 1 saturated carbocycles. The average Bonchev–Trinajstić information content (AvgIpc) is 3.34. The first-order valence-electron chi connectivity index (χ1n) is 10.8. The Morgan fingerprint density at radius 2 is 2.00 bits per heavy atom. The van der Waals surface area contributed by atoms with Crippen LogP contribution in [0, 0.1) is 18.8 Å². The van der Waals surface area contributed by atoms with E-state index in [9.17, 15) is 9.59 Å². The molecule has 6 heteroatoms. The van der Waals surface area contributed by atoms with Crippen LogP contribution >= 0.6 is 0 Å². The third-order valence-electron chi connectivity index (χ3n) is 6.47. The number of hydrogen-bond acceptors (Lipinski definition) is 5. The molecule has 4 rings (SSSR count). The van der Waals surface area contributed by atoms with Crippen LogP contribution in [-0.4, -0.2) is 31.1 Å². The Morgan fingerprint density at radius 1 is 1.21 bits per heavy atom. The summed E-state index contributed by atoms with van der Waals surface area (Å²) in [5.41, 5.74) is 2.06. The van der Waals surface area contributed by atoms with Crippen LogP contribution < -0.4 is 10.6 Å². The van der Waals surface area contributed by atoms with E-state index in [-0.39, 0.29) is 17.7 Å². The van der Waals surface area contributed by atoms with Crippen LogP contribution in [0.15, 0.2) is 22.6 Å². The van der Waals surface area contributed by atoms with Crippen molar-refractivity contribution in [3.8, 4) is 0 Å². The van der Waals surface area contributed by atoms with E-state index < -0.39 is 5.97 Å². The Hall–Kier alpha value is -2.34. The van der Waals surface area contributed by atoms with Gasteiger partial charge in [0.1, 0.15) is 5.58 Å². The minimum Gasteiger partial charge on any atom is -0.460 e. The maximum absolute atomic E-state index is 13.0. The van der Waals surface area contributed by atoms with Crippen LogP contribution in [0.1, 0.15) is 61.6 Å². The monoisotopic (exact) mass is 398 g/mol. The molecule has 0 spiro atoms. The second kappa shape index (κ2) is 8.57. The third kappa shape index (κ3) is 4.04. The van der Waals surface area contributed by atoms with Gasteiger partial charge in [-0.15, -0.1) is 0 Å². The molecule has 2 N–H and O–H groups in total. The molecule has 1 aliphatic carbocycles. The normalized spacial score (nSPS) is 22.7. The molecular formula is C23H30N2O4. The number of benzene rings is 1. The zero-order valence-corrected chi connectivity index (χ0v) is 17.3. The number of aryl methyl sites for hydroxylation is 1. The number of hydrogen-bond donors (Lipinski definition) is 2. The van der Waals surface area contributed by atoms with Crippen LogP contribution in [0.2, 0.25) is 0 Å². The number of esters is 1. The number of carbonyl (C=O) groups is 2. The number of furan rings is 1. The summed E-state index contributed by atoms with van der Waals surface area (Å²) < 4.78 is 10.7. The zero-order valence-electron chi connectivity index (χ0n) is 17.3. The van der Waals surface area contributed by atoms with Gasteiger partial charge in [0.05, 0.1) is 12.6 Å². The van der Waals surface area contributed by atoms with Crippen molar-refractivity contribution >= 4 is 28.5 Å². The Balaban J connectivity index is 1.50. The van der Waals surface area contributed by atoms with E-state index in [4.69, 9.17) is 9.15 Å². The molecule has 0 bridgehead atoms. The van der Waals surface area contributed by atoms with Gasteiger partial charge in [0.2, 0.25) is 11.7 Å². The van der Waals surface area contributed by atoms with E-state index in [0.717, 1.165) is 29.6 Å². The van der Waals surface area contributed by atoms with Crippen molar-refractivity contribution in [2.24, 2.45) is 11.8 Å². The molecule has 2 atom stereocenters. The van der Waals surface area contributed by atoms with E-state index in [1.807, 2.05) is 19.1 Å².